The molecule has 2 saturated heterocycles. The van der Waals surface area contributed by atoms with Crippen LogP contribution in [0.1, 0.15) is 53.3 Å². The van der Waals surface area contributed by atoms with Gasteiger partial charge in [-0.25, -0.2) is 4.98 Å². The van der Waals surface area contributed by atoms with Crippen molar-refractivity contribution in [2.45, 2.75) is 38.3 Å². The second kappa shape index (κ2) is 8.27. The topological polar surface area (TPSA) is 52.6 Å². The third kappa shape index (κ3) is 4.02. The first-order valence-electron chi connectivity index (χ1n) is 10.2. The fourth-order valence-electron chi connectivity index (χ4n) is 4.28. The SMILES string of the molecule is CN(C)Cc1ccc(C2CCCN2c2cncc(C(=O)N3CCCC3)n2)cc1. The second-order valence-electron chi connectivity index (χ2n) is 8.09. The maximum Gasteiger partial charge on any atom is 0.274 e. The van der Waals surface area contributed by atoms with Gasteiger partial charge >= 0.3 is 0 Å². The van der Waals surface area contributed by atoms with Crippen molar-refractivity contribution in [3.63, 3.8) is 0 Å². The van der Waals surface area contributed by atoms with Crippen LogP contribution in [0.4, 0.5) is 5.82 Å². The lowest BCUT2D eigenvalue weighted by molar-refractivity contribution is 0.0786. The quantitative estimate of drug-likeness (QED) is 0.799. The molecule has 3 heterocycles. The molecule has 0 saturated carbocycles. The zero-order chi connectivity index (χ0) is 19.5. The van der Waals surface area contributed by atoms with E-state index < -0.39 is 0 Å². The number of carbonyl (C=O) groups excluding carboxylic acids is 1. The van der Waals surface area contributed by atoms with Crippen molar-refractivity contribution in [2.24, 2.45) is 0 Å². The number of likely N-dealkylation sites (tertiary alicyclic amines) is 1. The molecule has 1 aromatic carbocycles. The molecule has 1 amide bonds. The molecule has 1 aromatic heterocycles. The Hall–Kier alpha value is -2.47. The summed E-state index contributed by atoms with van der Waals surface area (Å²) in [5.41, 5.74) is 3.08. The van der Waals surface area contributed by atoms with Gasteiger partial charge in [0.05, 0.1) is 18.4 Å². The molecule has 1 atom stereocenters. The Balaban J connectivity index is 1.53. The van der Waals surface area contributed by atoms with Crippen LogP contribution in [0.5, 0.6) is 0 Å². The average Bonchev–Trinajstić information content (AvgIpc) is 3.40. The lowest BCUT2D eigenvalue weighted by Gasteiger charge is -2.26. The van der Waals surface area contributed by atoms with Gasteiger partial charge in [0.15, 0.2) is 0 Å². The third-order valence-electron chi connectivity index (χ3n) is 5.64. The highest BCUT2D eigenvalue weighted by Gasteiger charge is 2.28. The van der Waals surface area contributed by atoms with E-state index in [-0.39, 0.29) is 5.91 Å². The van der Waals surface area contributed by atoms with E-state index in [4.69, 9.17) is 4.98 Å². The number of hydrogen-bond acceptors (Lipinski definition) is 5. The summed E-state index contributed by atoms with van der Waals surface area (Å²) in [6.45, 7) is 3.55. The van der Waals surface area contributed by atoms with Gasteiger partial charge in [-0.15, -0.1) is 0 Å². The lowest BCUT2D eigenvalue weighted by atomic mass is 10.0. The molecule has 2 aromatic rings. The predicted octanol–water partition coefficient (Wildman–Crippen LogP) is 3.12. The first kappa shape index (κ1) is 18.9. The number of rotatable bonds is 5. The second-order valence-corrected chi connectivity index (χ2v) is 8.09. The van der Waals surface area contributed by atoms with Gasteiger partial charge in [-0.05, 0) is 50.9 Å². The van der Waals surface area contributed by atoms with Crippen molar-refractivity contribution in [3.8, 4) is 0 Å². The summed E-state index contributed by atoms with van der Waals surface area (Å²) < 4.78 is 0. The number of aromatic nitrogens is 2. The molecule has 6 heteroatoms. The number of hydrogen-bond donors (Lipinski definition) is 0. The Labute approximate surface area is 167 Å². The molecule has 0 aliphatic carbocycles. The molecule has 2 aliphatic heterocycles. The van der Waals surface area contributed by atoms with E-state index in [1.165, 1.54) is 11.1 Å². The number of nitrogens with zero attached hydrogens (tertiary/aromatic N) is 5. The summed E-state index contributed by atoms with van der Waals surface area (Å²) in [5.74, 6) is 0.820. The van der Waals surface area contributed by atoms with Crippen molar-refractivity contribution in [1.82, 2.24) is 19.8 Å². The van der Waals surface area contributed by atoms with Crippen molar-refractivity contribution >= 4 is 11.7 Å². The van der Waals surface area contributed by atoms with Crippen molar-refractivity contribution < 1.29 is 4.79 Å². The van der Waals surface area contributed by atoms with E-state index in [1.807, 2.05) is 4.90 Å². The van der Waals surface area contributed by atoms with Crippen molar-refractivity contribution in [3.05, 3.63) is 53.5 Å². The molecule has 28 heavy (non-hydrogen) atoms. The molecule has 0 bridgehead atoms. The summed E-state index contributed by atoms with van der Waals surface area (Å²) >= 11 is 0. The Kier molecular flexibility index (Phi) is 5.57. The standard InChI is InChI=1S/C22H29N5O/c1-25(2)16-17-7-9-18(10-8-17)20-6-5-13-27(20)21-15-23-14-19(24-21)22(28)26-11-3-4-12-26/h7-10,14-15,20H,3-6,11-13,16H2,1-2H3. The molecule has 4 rings (SSSR count). The molecule has 2 aliphatic rings. The van der Waals surface area contributed by atoms with Crippen LogP contribution in [0.25, 0.3) is 0 Å². The van der Waals surface area contributed by atoms with Gasteiger partial charge in [-0.3, -0.25) is 9.78 Å². The van der Waals surface area contributed by atoms with Gasteiger partial charge in [-0.1, -0.05) is 24.3 Å². The molecule has 148 valence electrons. The van der Waals surface area contributed by atoms with E-state index in [0.29, 0.717) is 11.7 Å². The molecule has 0 radical (unpaired) electrons. The van der Waals surface area contributed by atoms with Crippen LogP contribution in [0, 0.1) is 0 Å². The zero-order valence-corrected chi connectivity index (χ0v) is 16.8. The minimum absolute atomic E-state index is 0.00985. The van der Waals surface area contributed by atoms with Gasteiger partial charge in [-0.2, -0.15) is 0 Å². The number of amides is 1. The highest BCUT2D eigenvalue weighted by molar-refractivity contribution is 5.92. The monoisotopic (exact) mass is 379 g/mol. The number of carbonyl (C=O) groups is 1. The minimum Gasteiger partial charge on any atom is -0.348 e. The van der Waals surface area contributed by atoms with Crippen LogP contribution in [-0.2, 0) is 6.54 Å². The first-order valence-corrected chi connectivity index (χ1v) is 10.2. The largest absolute Gasteiger partial charge is 0.348 e. The summed E-state index contributed by atoms with van der Waals surface area (Å²) in [6, 6.07) is 9.18. The molecule has 2 fully saturated rings. The van der Waals surface area contributed by atoms with Crippen LogP contribution in [0.2, 0.25) is 0 Å². The zero-order valence-electron chi connectivity index (χ0n) is 16.8. The van der Waals surface area contributed by atoms with E-state index in [0.717, 1.165) is 57.7 Å². The van der Waals surface area contributed by atoms with Gasteiger partial charge in [0.2, 0.25) is 0 Å². The Morgan fingerprint density at radius 3 is 2.54 bits per heavy atom. The van der Waals surface area contributed by atoms with Crippen LogP contribution in [-0.4, -0.2) is 59.4 Å². The summed E-state index contributed by atoms with van der Waals surface area (Å²) in [5, 5.41) is 0. The van der Waals surface area contributed by atoms with E-state index in [9.17, 15) is 4.79 Å². The lowest BCUT2D eigenvalue weighted by Crippen LogP contribution is -2.30. The third-order valence-corrected chi connectivity index (χ3v) is 5.64. The van der Waals surface area contributed by atoms with Crippen LogP contribution in [0.3, 0.4) is 0 Å². The van der Waals surface area contributed by atoms with Crippen molar-refractivity contribution in [1.29, 1.82) is 0 Å². The summed E-state index contributed by atoms with van der Waals surface area (Å²) in [7, 11) is 4.17. The molecule has 0 N–H and O–H groups in total. The molecular weight excluding hydrogens is 350 g/mol. The van der Waals surface area contributed by atoms with Crippen LogP contribution in [0.15, 0.2) is 36.7 Å². The minimum atomic E-state index is 0.00985. The predicted molar refractivity (Wildman–Crippen MR) is 110 cm³/mol. The Morgan fingerprint density at radius 1 is 1.07 bits per heavy atom. The van der Waals surface area contributed by atoms with Gasteiger partial charge in [0.1, 0.15) is 11.5 Å². The molecular formula is C22H29N5O. The Bertz CT molecular complexity index is 814. The van der Waals surface area contributed by atoms with Gasteiger partial charge in [0.25, 0.3) is 5.91 Å². The van der Waals surface area contributed by atoms with Gasteiger partial charge in [0, 0.05) is 26.2 Å². The molecule has 1 unspecified atom stereocenters. The maximum atomic E-state index is 12.7. The van der Waals surface area contributed by atoms with Crippen molar-refractivity contribution in [2.75, 3.05) is 38.6 Å². The first-order chi connectivity index (χ1) is 13.6. The Morgan fingerprint density at radius 2 is 1.82 bits per heavy atom. The van der Waals surface area contributed by atoms with Crippen LogP contribution >= 0.6 is 0 Å². The fourth-order valence-corrected chi connectivity index (χ4v) is 4.28. The van der Waals surface area contributed by atoms with Gasteiger partial charge < -0.3 is 14.7 Å². The van der Waals surface area contributed by atoms with E-state index in [2.05, 4.69) is 53.1 Å². The highest BCUT2D eigenvalue weighted by atomic mass is 16.2. The highest BCUT2D eigenvalue weighted by Crippen LogP contribution is 2.35. The van der Waals surface area contributed by atoms with E-state index in [1.54, 1.807) is 12.4 Å². The normalized spacial score (nSPS) is 19.6. The maximum absolute atomic E-state index is 12.7. The molecule has 0 spiro atoms. The summed E-state index contributed by atoms with van der Waals surface area (Å²) in [4.78, 5) is 28.1. The fraction of sp³-hybridized carbons (Fsp3) is 0.500. The number of benzene rings is 1. The molecule has 6 nitrogen and oxygen atoms in total. The van der Waals surface area contributed by atoms with E-state index >= 15 is 0 Å². The summed E-state index contributed by atoms with van der Waals surface area (Å²) in [6.07, 6.45) is 7.77. The smallest absolute Gasteiger partial charge is 0.274 e. The number of anilines is 1. The average molecular weight is 380 g/mol. The van der Waals surface area contributed by atoms with Crippen LogP contribution < -0.4 is 4.90 Å².